The van der Waals surface area contributed by atoms with E-state index < -0.39 is 12.5 Å². The normalized spacial score (nSPS) is 45.0. The topological polar surface area (TPSA) is 74.4 Å². The number of rotatable bonds is 4. The van der Waals surface area contributed by atoms with Crippen LogP contribution in [0.15, 0.2) is 0 Å². The third kappa shape index (κ3) is 4.28. The maximum atomic E-state index is 13.0. The zero-order valence-corrected chi connectivity index (χ0v) is 15.9. The van der Waals surface area contributed by atoms with Gasteiger partial charge in [0, 0.05) is 17.9 Å². The summed E-state index contributed by atoms with van der Waals surface area (Å²) in [5.41, 5.74) is 2.98. The van der Waals surface area contributed by atoms with E-state index in [4.69, 9.17) is 4.84 Å². The minimum Gasteiger partial charge on any atom is -0.353 e. The second kappa shape index (κ2) is 8.27. The quantitative estimate of drug-likeness (QED) is 0.592. The Hall–Kier alpha value is -0.830. The van der Waals surface area contributed by atoms with Crippen LogP contribution >= 0.6 is 0 Å². The van der Waals surface area contributed by atoms with Gasteiger partial charge in [-0.1, -0.05) is 0 Å². The van der Waals surface area contributed by atoms with E-state index in [-0.39, 0.29) is 36.7 Å². The van der Waals surface area contributed by atoms with Gasteiger partial charge in [0.2, 0.25) is 5.91 Å². The van der Waals surface area contributed by atoms with Gasteiger partial charge in [0.15, 0.2) is 0 Å². The molecule has 0 bridgehead atoms. The molecule has 4 rings (SSSR count). The third-order valence-corrected chi connectivity index (χ3v) is 7.10. The number of alkyl halides is 2. The number of carbonyl (C=O) groups excluding carboxylic acids is 1. The van der Waals surface area contributed by atoms with Crippen molar-refractivity contribution in [2.24, 2.45) is 23.7 Å². The Morgan fingerprint density at radius 1 is 1.11 bits per heavy atom. The summed E-state index contributed by atoms with van der Waals surface area (Å²) < 4.78 is 25.9. The summed E-state index contributed by atoms with van der Waals surface area (Å²) in [4.78, 5) is 18.3. The molecule has 2 aliphatic heterocycles. The number of hydroxylamine groups is 1. The lowest BCUT2D eigenvalue weighted by Crippen LogP contribution is -2.49. The molecule has 8 heteroatoms. The van der Waals surface area contributed by atoms with Crippen molar-refractivity contribution in [2.75, 3.05) is 6.54 Å². The van der Waals surface area contributed by atoms with Gasteiger partial charge in [0.25, 0.3) is 6.43 Å². The number of hydrogen-bond donors (Lipinski definition) is 4. The summed E-state index contributed by atoms with van der Waals surface area (Å²) in [7, 11) is 0. The molecule has 27 heavy (non-hydrogen) atoms. The summed E-state index contributed by atoms with van der Waals surface area (Å²) in [6.45, 7) is 2.54. The molecule has 4 aliphatic rings. The van der Waals surface area contributed by atoms with Crippen molar-refractivity contribution in [3.63, 3.8) is 0 Å². The molecular formula is C19H32F2N4O2. The predicted molar refractivity (Wildman–Crippen MR) is 96.6 cm³/mol. The van der Waals surface area contributed by atoms with E-state index in [0.717, 1.165) is 32.1 Å². The first-order valence-corrected chi connectivity index (χ1v) is 10.5. The second-order valence-corrected chi connectivity index (χ2v) is 8.85. The molecule has 2 aliphatic carbocycles. The number of fused-ring (bicyclic) bond motifs is 1. The van der Waals surface area contributed by atoms with Gasteiger partial charge < -0.3 is 10.6 Å². The van der Waals surface area contributed by atoms with Gasteiger partial charge in [-0.25, -0.2) is 8.78 Å². The van der Waals surface area contributed by atoms with E-state index in [1.54, 1.807) is 0 Å². The Morgan fingerprint density at radius 3 is 2.67 bits per heavy atom. The number of amides is 1. The van der Waals surface area contributed by atoms with Crippen LogP contribution in [0.4, 0.5) is 8.78 Å². The summed E-state index contributed by atoms with van der Waals surface area (Å²) in [5, 5.41) is 9.48. The standard InChI is InChI=1S/C19H32F2N4O2/c1-10-23-19(27-25-10)13-2-4-14-11(8-13)3-5-15(14)24-18(26)12-6-7-22-16(9-12)17(20)21/h10-17,19,22-23,25H,2-9H2,1H3,(H,24,26)/t10?,11?,12?,13?,14?,15-,16?,19?/m1/s1. The molecule has 2 saturated carbocycles. The maximum absolute atomic E-state index is 13.0. The first-order valence-electron chi connectivity index (χ1n) is 10.5. The SMILES string of the molecule is CC1NOC(C2CCC3C(CC[C@H]3NC(=O)C3CCNC(C(F)F)C3)C2)N1. The Morgan fingerprint density at radius 2 is 1.93 bits per heavy atom. The molecule has 2 saturated heterocycles. The molecule has 4 fully saturated rings. The second-order valence-electron chi connectivity index (χ2n) is 8.85. The highest BCUT2D eigenvalue weighted by Crippen LogP contribution is 2.45. The maximum Gasteiger partial charge on any atom is 0.253 e. The molecular weight excluding hydrogens is 354 g/mol. The summed E-state index contributed by atoms with van der Waals surface area (Å²) in [6.07, 6.45) is 4.21. The monoisotopic (exact) mass is 386 g/mol. The molecule has 0 spiro atoms. The van der Waals surface area contributed by atoms with Crippen molar-refractivity contribution in [2.45, 2.75) is 82.8 Å². The fourth-order valence-electron chi connectivity index (χ4n) is 5.65. The molecule has 7 unspecified atom stereocenters. The molecule has 0 radical (unpaired) electrons. The first kappa shape index (κ1) is 19.5. The van der Waals surface area contributed by atoms with E-state index in [9.17, 15) is 13.6 Å². The molecule has 154 valence electrons. The van der Waals surface area contributed by atoms with Gasteiger partial charge >= 0.3 is 0 Å². The molecule has 0 aromatic carbocycles. The van der Waals surface area contributed by atoms with Crippen LogP contribution in [0.1, 0.15) is 51.9 Å². The lowest BCUT2D eigenvalue weighted by Gasteiger charge is -2.37. The summed E-state index contributed by atoms with van der Waals surface area (Å²) >= 11 is 0. The van der Waals surface area contributed by atoms with Gasteiger partial charge in [-0.05, 0) is 70.3 Å². The zero-order chi connectivity index (χ0) is 19.0. The van der Waals surface area contributed by atoms with Gasteiger partial charge in [-0.2, -0.15) is 5.48 Å². The smallest absolute Gasteiger partial charge is 0.253 e. The van der Waals surface area contributed by atoms with Crippen LogP contribution in [0.25, 0.3) is 0 Å². The fraction of sp³-hybridized carbons (Fsp3) is 0.947. The molecule has 0 aromatic rings. The number of carbonyl (C=O) groups is 1. The fourth-order valence-corrected chi connectivity index (χ4v) is 5.65. The molecule has 2 heterocycles. The van der Waals surface area contributed by atoms with Crippen LogP contribution in [0.3, 0.4) is 0 Å². The highest BCUT2D eigenvalue weighted by Gasteiger charge is 2.44. The van der Waals surface area contributed by atoms with Crippen molar-refractivity contribution in [3.8, 4) is 0 Å². The van der Waals surface area contributed by atoms with E-state index in [1.165, 1.54) is 0 Å². The van der Waals surface area contributed by atoms with Crippen molar-refractivity contribution in [1.82, 2.24) is 21.4 Å². The van der Waals surface area contributed by atoms with Gasteiger partial charge in [-0.15, -0.1) is 0 Å². The molecule has 1 amide bonds. The van der Waals surface area contributed by atoms with Crippen molar-refractivity contribution in [1.29, 1.82) is 0 Å². The van der Waals surface area contributed by atoms with Crippen LogP contribution in [-0.2, 0) is 9.63 Å². The Kier molecular flexibility index (Phi) is 5.97. The average Bonchev–Trinajstić information content (AvgIpc) is 3.28. The van der Waals surface area contributed by atoms with Crippen molar-refractivity contribution >= 4 is 5.91 Å². The molecule has 8 atom stereocenters. The predicted octanol–water partition coefficient (Wildman–Crippen LogP) is 1.73. The first-order chi connectivity index (χ1) is 13.0. The largest absolute Gasteiger partial charge is 0.353 e. The number of nitrogens with one attached hydrogen (secondary N) is 4. The zero-order valence-electron chi connectivity index (χ0n) is 15.9. The molecule has 6 nitrogen and oxygen atoms in total. The van der Waals surface area contributed by atoms with Crippen molar-refractivity contribution < 1.29 is 18.4 Å². The van der Waals surface area contributed by atoms with Crippen molar-refractivity contribution in [3.05, 3.63) is 0 Å². The van der Waals surface area contributed by atoms with Gasteiger partial charge in [0.05, 0.1) is 12.2 Å². The number of hydrogen-bond acceptors (Lipinski definition) is 5. The average molecular weight is 386 g/mol. The van der Waals surface area contributed by atoms with Crippen LogP contribution in [0, 0.1) is 23.7 Å². The van der Waals surface area contributed by atoms with Gasteiger partial charge in [0.1, 0.15) is 6.23 Å². The van der Waals surface area contributed by atoms with Crippen LogP contribution < -0.4 is 21.4 Å². The number of piperidine rings is 1. The Labute approximate surface area is 159 Å². The lowest BCUT2D eigenvalue weighted by atomic mass is 9.74. The van der Waals surface area contributed by atoms with E-state index >= 15 is 0 Å². The minimum atomic E-state index is -2.41. The van der Waals surface area contributed by atoms with Crippen LogP contribution in [0.2, 0.25) is 0 Å². The lowest BCUT2D eigenvalue weighted by molar-refractivity contribution is -0.127. The molecule has 0 aromatic heterocycles. The Bertz CT molecular complexity index is 538. The van der Waals surface area contributed by atoms with E-state index in [1.807, 2.05) is 6.92 Å². The number of halogens is 2. The van der Waals surface area contributed by atoms with E-state index in [0.29, 0.717) is 30.7 Å². The summed E-state index contributed by atoms with van der Waals surface area (Å²) in [5.74, 6) is 1.34. The molecule has 4 N–H and O–H groups in total. The van der Waals surface area contributed by atoms with Crippen LogP contribution in [0.5, 0.6) is 0 Å². The highest BCUT2D eigenvalue weighted by atomic mass is 19.3. The minimum absolute atomic E-state index is 0.0197. The van der Waals surface area contributed by atoms with Gasteiger partial charge in [-0.3, -0.25) is 14.9 Å². The summed E-state index contributed by atoms with van der Waals surface area (Å²) in [6, 6.07) is -0.644. The van der Waals surface area contributed by atoms with Crippen LogP contribution in [-0.4, -0.2) is 43.4 Å². The third-order valence-electron chi connectivity index (χ3n) is 7.10. The Balaban J connectivity index is 1.28. The van der Waals surface area contributed by atoms with E-state index in [2.05, 4.69) is 21.4 Å². The highest BCUT2D eigenvalue weighted by molar-refractivity contribution is 5.79.